The van der Waals surface area contributed by atoms with Crippen LogP contribution in [0.25, 0.3) is 0 Å². The van der Waals surface area contributed by atoms with Crippen molar-refractivity contribution < 1.29 is 9.59 Å². The number of carbonyl (C=O) groups is 2. The molecule has 1 saturated heterocycles. The maximum Gasteiger partial charge on any atom is 0.246 e. The van der Waals surface area contributed by atoms with Gasteiger partial charge >= 0.3 is 0 Å². The summed E-state index contributed by atoms with van der Waals surface area (Å²) in [5, 5.41) is 5.88. The Morgan fingerprint density at radius 3 is 3.00 bits per heavy atom. The summed E-state index contributed by atoms with van der Waals surface area (Å²) in [5.74, 6) is -0.215. The topological polar surface area (TPSA) is 62.3 Å². The molecule has 2 rings (SSSR count). The third-order valence-corrected chi connectivity index (χ3v) is 3.32. The van der Waals surface area contributed by atoms with Crippen LogP contribution in [0.2, 0.25) is 0 Å². The highest BCUT2D eigenvalue weighted by Crippen LogP contribution is 2.13. The van der Waals surface area contributed by atoms with Gasteiger partial charge in [0.2, 0.25) is 11.8 Å². The summed E-state index contributed by atoms with van der Waals surface area (Å²) >= 11 is 1.53. The van der Waals surface area contributed by atoms with Gasteiger partial charge in [-0.1, -0.05) is 0 Å². The number of aromatic nitrogens is 1. The minimum Gasteiger partial charge on any atom is -0.299 e. The van der Waals surface area contributed by atoms with E-state index in [-0.39, 0.29) is 24.3 Å². The molecule has 0 bridgehead atoms. The fourth-order valence-electron chi connectivity index (χ4n) is 1.73. The number of hydrogen-bond donors (Lipinski definition) is 1. The number of likely N-dealkylation sites (tertiary alicyclic amines) is 1. The maximum absolute atomic E-state index is 11.7. The Kier molecular flexibility index (Phi) is 3.31. The quantitative estimate of drug-likeness (QED) is 0.772. The van der Waals surface area contributed by atoms with Crippen LogP contribution in [0.4, 0.5) is 0 Å². The van der Waals surface area contributed by atoms with Gasteiger partial charge < -0.3 is 0 Å². The summed E-state index contributed by atoms with van der Waals surface area (Å²) in [6.45, 7) is 2.80. The van der Waals surface area contributed by atoms with Crippen molar-refractivity contribution in [2.75, 3.05) is 6.54 Å². The van der Waals surface area contributed by atoms with Crippen molar-refractivity contribution in [2.45, 2.75) is 25.9 Å². The number of thiazole rings is 1. The second kappa shape index (κ2) is 4.71. The molecule has 16 heavy (non-hydrogen) atoms. The van der Waals surface area contributed by atoms with Crippen molar-refractivity contribution >= 4 is 23.2 Å². The monoisotopic (exact) mass is 239 g/mol. The van der Waals surface area contributed by atoms with E-state index in [0.29, 0.717) is 13.1 Å². The van der Waals surface area contributed by atoms with E-state index >= 15 is 0 Å². The van der Waals surface area contributed by atoms with Gasteiger partial charge in [-0.25, -0.2) is 4.98 Å². The first-order valence-corrected chi connectivity index (χ1v) is 6.06. The second-order valence-corrected chi connectivity index (χ2v) is 4.52. The van der Waals surface area contributed by atoms with Gasteiger partial charge in [-0.05, 0) is 6.92 Å². The van der Waals surface area contributed by atoms with Gasteiger partial charge in [-0.2, -0.15) is 0 Å². The molecule has 0 radical (unpaired) electrons. The largest absolute Gasteiger partial charge is 0.299 e. The zero-order valence-electron chi connectivity index (χ0n) is 8.97. The van der Waals surface area contributed by atoms with E-state index in [0.717, 1.165) is 5.01 Å². The van der Waals surface area contributed by atoms with Crippen LogP contribution in [0.15, 0.2) is 11.6 Å². The molecular formula is C10H13N3O2S. The Labute approximate surface area is 97.5 Å². The van der Waals surface area contributed by atoms with E-state index in [1.54, 1.807) is 13.1 Å². The molecule has 1 fully saturated rings. The molecule has 1 aromatic heterocycles. The van der Waals surface area contributed by atoms with Crippen LogP contribution in [0, 0.1) is 0 Å². The third kappa shape index (κ3) is 2.12. The number of hydrogen-bond acceptors (Lipinski definition) is 5. The number of amides is 2. The molecule has 0 aromatic carbocycles. The first-order chi connectivity index (χ1) is 7.72. The van der Waals surface area contributed by atoms with E-state index in [1.807, 2.05) is 5.38 Å². The molecule has 0 spiro atoms. The number of nitrogens with zero attached hydrogens (tertiary/aromatic N) is 2. The molecule has 6 heteroatoms. The zero-order chi connectivity index (χ0) is 11.5. The lowest BCUT2D eigenvalue weighted by Crippen LogP contribution is -2.38. The molecule has 86 valence electrons. The molecule has 5 nitrogen and oxygen atoms in total. The van der Waals surface area contributed by atoms with E-state index < -0.39 is 0 Å². The molecule has 2 heterocycles. The average Bonchev–Trinajstić information content (AvgIpc) is 2.85. The Balaban J connectivity index is 1.92. The Bertz CT molecular complexity index is 391. The standard InChI is InChI=1S/C10H13N3O2S/c1-2-13-9(14)5-7(10(13)15)12-6-8-11-3-4-16-8/h3-4,7,12H,2,5-6H2,1H3. The predicted octanol–water partition coefficient (Wildman–Crippen LogP) is 0.380. The van der Waals surface area contributed by atoms with E-state index in [4.69, 9.17) is 0 Å². The molecule has 0 saturated carbocycles. The van der Waals surface area contributed by atoms with E-state index in [2.05, 4.69) is 10.3 Å². The summed E-state index contributed by atoms with van der Waals surface area (Å²) < 4.78 is 0. The van der Waals surface area contributed by atoms with Crippen molar-refractivity contribution in [2.24, 2.45) is 0 Å². The molecule has 1 aromatic rings. The van der Waals surface area contributed by atoms with Crippen LogP contribution in [0.3, 0.4) is 0 Å². The van der Waals surface area contributed by atoms with Gasteiger partial charge in [-0.15, -0.1) is 11.3 Å². The first-order valence-electron chi connectivity index (χ1n) is 5.18. The highest BCUT2D eigenvalue weighted by Gasteiger charge is 2.36. The van der Waals surface area contributed by atoms with Crippen molar-refractivity contribution in [1.82, 2.24) is 15.2 Å². The molecule has 1 aliphatic heterocycles. The molecular weight excluding hydrogens is 226 g/mol. The van der Waals surface area contributed by atoms with Crippen molar-refractivity contribution in [3.63, 3.8) is 0 Å². The SMILES string of the molecule is CCN1C(=O)CC(NCc2nccs2)C1=O. The van der Waals surface area contributed by atoms with Gasteiger partial charge in [0.05, 0.1) is 12.5 Å². The summed E-state index contributed by atoms with van der Waals surface area (Å²) in [7, 11) is 0. The molecule has 1 N–H and O–H groups in total. The van der Waals surface area contributed by atoms with E-state index in [1.165, 1.54) is 16.2 Å². The highest BCUT2D eigenvalue weighted by molar-refractivity contribution is 7.09. The number of carbonyl (C=O) groups excluding carboxylic acids is 2. The minimum atomic E-state index is -0.378. The summed E-state index contributed by atoms with van der Waals surface area (Å²) in [6.07, 6.45) is 1.99. The average molecular weight is 239 g/mol. The second-order valence-electron chi connectivity index (χ2n) is 3.54. The van der Waals surface area contributed by atoms with Crippen LogP contribution in [-0.4, -0.2) is 34.3 Å². The van der Waals surface area contributed by atoms with Crippen LogP contribution in [-0.2, 0) is 16.1 Å². The normalized spacial score (nSPS) is 20.8. The third-order valence-electron chi connectivity index (χ3n) is 2.54. The first kappa shape index (κ1) is 11.2. The molecule has 2 amide bonds. The number of likely N-dealkylation sites (N-methyl/N-ethyl adjacent to an activating group) is 1. The van der Waals surface area contributed by atoms with Crippen LogP contribution < -0.4 is 5.32 Å². The lowest BCUT2D eigenvalue weighted by atomic mass is 10.2. The predicted molar refractivity (Wildman–Crippen MR) is 59.8 cm³/mol. The fourth-order valence-corrected chi connectivity index (χ4v) is 2.29. The van der Waals surface area contributed by atoms with Crippen LogP contribution in [0.5, 0.6) is 0 Å². The molecule has 0 aliphatic carbocycles. The number of nitrogens with one attached hydrogen (secondary N) is 1. The highest BCUT2D eigenvalue weighted by atomic mass is 32.1. The fraction of sp³-hybridized carbons (Fsp3) is 0.500. The van der Waals surface area contributed by atoms with E-state index in [9.17, 15) is 9.59 Å². The van der Waals surface area contributed by atoms with Gasteiger partial charge in [0, 0.05) is 24.7 Å². The number of imide groups is 1. The zero-order valence-corrected chi connectivity index (χ0v) is 9.79. The molecule has 1 aliphatic rings. The van der Waals surface area contributed by atoms with Crippen molar-refractivity contribution in [1.29, 1.82) is 0 Å². The Hall–Kier alpha value is -1.27. The minimum absolute atomic E-state index is 0.0934. The Morgan fingerprint density at radius 2 is 2.44 bits per heavy atom. The van der Waals surface area contributed by atoms with Gasteiger partial charge in [-0.3, -0.25) is 19.8 Å². The van der Waals surface area contributed by atoms with Gasteiger partial charge in [0.25, 0.3) is 0 Å². The summed E-state index contributed by atoms with van der Waals surface area (Å²) in [5.41, 5.74) is 0. The van der Waals surface area contributed by atoms with Gasteiger partial charge in [0.1, 0.15) is 5.01 Å². The van der Waals surface area contributed by atoms with Crippen molar-refractivity contribution in [3.05, 3.63) is 16.6 Å². The number of rotatable bonds is 4. The van der Waals surface area contributed by atoms with Crippen LogP contribution in [0.1, 0.15) is 18.4 Å². The Morgan fingerprint density at radius 1 is 1.62 bits per heavy atom. The summed E-state index contributed by atoms with van der Waals surface area (Å²) in [4.78, 5) is 28.6. The summed E-state index contributed by atoms with van der Waals surface area (Å²) in [6, 6.07) is -0.378. The maximum atomic E-state index is 11.7. The van der Waals surface area contributed by atoms with Crippen LogP contribution >= 0.6 is 11.3 Å². The smallest absolute Gasteiger partial charge is 0.246 e. The molecule has 1 atom stereocenters. The lowest BCUT2D eigenvalue weighted by Gasteiger charge is -2.12. The lowest BCUT2D eigenvalue weighted by molar-refractivity contribution is -0.138. The van der Waals surface area contributed by atoms with Gasteiger partial charge in [0.15, 0.2) is 0 Å². The molecule has 1 unspecified atom stereocenters. The van der Waals surface area contributed by atoms with Crippen molar-refractivity contribution in [3.8, 4) is 0 Å².